The molecule has 0 aromatic rings. The fourth-order valence-corrected chi connectivity index (χ4v) is 2.38. The van der Waals surface area contributed by atoms with Crippen molar-refractivity contribution in [3.63, 3.8) is 0 Å². The van der Waals surface area contributed by atoms with Gasteiger partial charge in [0.25, 0.3) is 0 Å². The van der Waals surface area contributed by atoms with Crippen LogP contribution in [0.2, 0.25) is 0 Å². The Hall–Kier alpha value is -0.580. The van der Waals surface area contributed by atoms with Crippen LogP contribution in [0.4, 0.5) is 4.79 Å². The zero-order valence-electron chi connectivity index (χ0n) is 8.49. The van der Waals surface area contributed by atoms with Crippen molar-refractivity contribution in [2.45, 2.75) is 13.8 Å². The fraction of sp³-hybridized carbons (Fsp3) is 0.857. The van der Waals surface area contributed by atoms with Crippen LogP contribution < -0.4 is 11.1 Å². The van der Waals surface area contributed by atoms with Crippen LogP contribution in [0.25, 0.3) is 0 Å². The molecule has 0 bridgehead atoms. The lowest BCUT2D eigenvalue weighted by Crippen LogP contribution is -2.31. The molecule has 6 nitrogen and oxygen atoms in total. The molecule has 2 amide bonds. The van der Waals surface area contributed by atoms with Crippen LogP contribution in [0, 0.1) is 0 Å². The first kappa shape index (κ1) is 13.4. The van der Waals surface area contributed by atoms with Crippen molar-refractivity contribution in [1.29, 1.82) is 0 Å². The van der Waals surface area contributed by atoms with Crippen LogP contribution in [-0.4, -0.2) is 32.0 Å². The first-order valence-electron chi connectivity index (χ1n) is 4.45. The highest BCUT2D eigenvalue weighted by Gasteiger charge is 2.22. The Labute approximate surface area is 83.7 Å². The molecule has 0 unspecified atom stereocenters. The summed E-state index contributed by atoms with van der Waals surface area (Å²) in [7, 11) is -3.05. The zero-order chi connectivity index (χ0) is 11.0. The van der Waals surface area contributed by atoms with E-state index in [4.69, 9.17) is 14.8 Å². The quantitative estimate of drug-likeness (QED) is 0.629. The Morgan fingerprint density at radius 1 is 1.36 bits per heavy atom. The summed E-state index contributed by atoms with van der Waals surface area (Å²) in [6.45, 7) is 4.27. The molecule has 14 heavy (non-hydrogen) atoms. The lowest BCUT2D eigenvalue weighted by atomic mass is 10.7. The maximum Gasteiger partial charge on any atom is 0.332 e. The number of rotatable bonds is 7. The number of nitrogens with two attached hydrogens (primary N) is 1. The van der Waals surface area contributed by atoms with E-state index in [-0.39, 0.29) is 12.7 Å². The average Bonchev–Trinajstić information content (AvgIpc) is 2.03. The van der Waals surface area contributed by atoms with Gasteiger partial charge in [-0.05, 0) is 13.8 Å². The Morgan fingerprint density at radius 2 is 1.86 bits per heavy atom. The predicted octanol–water partition coefficient (Wildman–Crippen LogP) is 0.921. The SMILES string of the molecule is CCOP(=O)(CCNC(N)=O)OCC. The molecule has 0 saturated heterocycles. The van der Waals surface area contributed by atoms with Crippen molar-refractivity contribution in [2.75, 3.05) is 25.9 Å². The minimum atomic E-state index is -3.05. The van der Waals surface area contributed by atoms with E-state index < -0.39 is 13.6 Å². The first-order chi connectivity index (χ1) is 6.54. The summed E-state index contributed by atoms with van der Waals surface area (Å²) in [6.07, 6.45) is 0.137. The number of hydrogen-bond acceptors (Lipinski definition) is 4. The Balaban J connectivity index is 3.96. The van der Waals surface area contributed by atoms with Crippen LogP contribution in [0.15, 0.2) is 0 Å². The highest BCUT2D eigenvalue weighted by molar-refractivity contribution is 7.53. The average molecular weight is 224 g/mol. The normalized spacial score (nSPS) is 11.3. The van der Waals surface area contributed by atoms with Gasteiger partial charge in [-0.25, -0.2) is 4.79 Å². The third-order valence-electron chi connectivity index (χ3n) is 1.34. The highest BCUT2D eigenvalue weighted by atomic mass is 31.2. The van der Waals surface area contributed by atoms with E-state index in [2.05, 4.69) is 5.32 Å². The number of hydrogen-bond donors (Lipinski definition) is 2. The second-order valence-corrected chi connectivity index (χ2v) is 4.65. The summed E-state index contributed by atoms with van der Waals surface area (Å²) in [6, 6.07) is -0.649. The van der Waals surface area contributed by atoms with Crippen molar-refractivity contribution in [3.05, 3.63) is 0 Å². The van der Waals surface area contributed by atoms with Gasteiger partial charge in [-0.1, -0.05) is 0 Å². The van der Waals surface area contributed by atoms with E-state index in [1.54, 1.807) is 13.8 Å². The summed E-state index contributed by atoms with van der Waals surface area (Å²) >= 11 is 0. The van der Waals surface area contributed by atoms with Crippen LogP contribution in [-0.2, 0) is 13.6 Å². The second-order valence-electron chi connectivity index (χ2n) is 2.46. The van der Waals surface area contributed by atoms with Crippen LogP contribution in [0.3, 0.4) is 0 Å². The van der Waals surface area contributed by atoms with Crippen molar-refractivity contribution >= 4 is 13.6 Å². The molecule has 84 valence electrons. The molecule has 0 atom stereocenters. The molecule has 0 aliphatic carbocycles. The monoisotopic (exact) mass is 224 g/mol. The lowest BCUT2D eigenvalue weighted by Gasteiger charge is -2.16. The molecule has 0 radical (unpaired) electrons. The molecule has 0 spiro atoms. The molecule has 0 aromatic heterocycles. The summed E-state index contributed by atoms with van der Waals surface area (Å²) < 4.78 is 21.7. The van der Waals surface area contributed by atoms with Gasteiger partial charge < -0.3 is 20.1 Å². The van der Waals surface area contributed by atoms with E-state index in [1.165, 1.54) is 0 Å². The van der Waals surface area contributed by atoms with Gasteiger partial charge in [0.05, 0.1) is 19.4 Å². The topological polar surface area (TPSA) is 90.6 Å². The third kappa shape index (κ3) is 5.96. The van der Waals surface area contributed by atoms with Crippen molar-refractivity contribution in [2.24, 2.45) is 5.73 Å². The van der Waals surface area contributed by atoms with Crippen molar-refractivity contribution < 1.29 is 18.4 Å². The maximum absolute atomic E-state index is 11.8. The van der Waals surface area contributed by atoms with Crippen molar-refractivity contribution in [3.8, 4) is 0 Å². The molecule has 0 aliphatic rings. The van der Waals surface area contributed by atoms with Gasteiger partial charge in [-0.15, -0.1) is 0 Å². The standard InChI is InChI=1S/C7H17N2O4P/c1-3-12-14(11,13-4-2)6-5-9-7(8)10/h3-6H2,1-2H3,(H3,8,9,10). The fourth-order valence-electron chi connectivity index (χ4n) is 0.876. The number of amides is 2. The van der Waals surface area contributed by atoms with Crippen LogP contribution >= 0.6 is 7.60 Å². The summed E-state index contributed by atoms with van der Waals surface area (Å²) in [5.41, 5.74) is 4.85. The highest BCUT2D eigenvalue weighted by Crippen LogP contribution is 2.47. The molecular formula is C7H17N2O4P. The molecule has 0 aromatic carbocycles. The van der Waals surface area contributed by atoms with Gasteiger partial charge in [0.1, 0.15) is 0 Å². The summed E-state index contributed by atoms with van der Waals surface area (Å²) in [4.78, 5) is 10.3. The first-order valence-corrected chi connectivity index (χ1v) is 6.18. The lowest BCUT2D eigenvalue weighted by molar-refractivity contribution is 0.220. The Kier molecular flexibility index (Phi) is 6.53. The zero-order valence-corrected chi connectivity index (χ0v) is 9.38. The molecule has 0 heterocycles. The number of carbonyl (C=O) groups excluding carboxylic acids is 1. The van der Waals surface area contributed by atoms with Crippen LogP contribution in [0.1, 0.15) is 13.8 Å². The number of carbonyl (C=O) groups is 1. The smallest absolute Gasteiger partial charge is 0.332 e. The van der Waals surface area contributed by atoms with E-state index in [9.17, 15) is 9.36 Å². The molecule has 0 rings (SSSR count). The number of urea groups is 1. The molecule has 3 N–H and O–H groups in total. The van der Waals surface area contributed by atoms with Gasteiger partial charge in [-0.2, -0.15) is 0 Å². The van der Waals surface area contributed by atoms with Gasteiger partial charge >= 0.3 is 13.6 Å². The van der Waals surface area contributed by atoms with Gasteiger partial charge in [0, 0.05) is 6.54 Å². The molecule has 0 saturated carbocycles. The van der Waals surface area contributed by atoms with E-state index in [1.807, 2.05) is 0 Å². The molecule has 7 heteroatoms. The second kappa shape index (κ2) is 6.81. The van der Waals surface area contributed by atoms with E-state index in [0.29, 0.717) is 13.2 Å². The molecular weight excluding hydrogens is 207 g/mol. The minimum Gasteiger partial charge on any atom is -0.352 e. The Bertz CT molecular complexity index is 212. The van der Waals surface area contributed by atoms with E-state index >= 15 is 0 Å². The molecule has 0 fully saturated rings. The van der Waals surface area contributed by atoms with Crippen LogP contribution in [0.5, 0.6) is 0 Å². The van der Waals surface area contributed by atoms with Gasteiger partial charge in [0.15, 0.2) is 0 Å². The van der Waals surface area contributed by atoms with Crippen molar-refractivity contribution in [1.82, 2.24) is 5.32 Å². The minimum absolute atomic E-state index is 0.137. The number of primary amides is 1. The summed E-state index contributed by atoms with van der Waals surface area (Å²) in [5.74, 6) is 0. The van der Waals surface area contributed by atoms with Gasteiger partial charge in [0.2, 0.25) is 0 Å². The predicted molar refractivity (Wildman–Crippen MR) is 53.3 cm³/mol. The number of nitrogens with one attached hydrogen (secondary N) is 1. The summed E-state index contributed by atoms with van der Waals surface area (Å²) in [5, 5.41) is 2.32. The Morgan fingerprint density at radius 3 is 2.21 bits per heavy atom. The van der Waals surface area contributed by atoms with E-state index in [0.717, 1.165) is 0 Å². The third-order valence-corrected chi connectivity index (χ3v) is 3.41. The molecule has 0 aliphatic heterocycles. The largest absolute Gasteiger partial charge is 0.352 e. The van der Waals surface area contributed by atoms with Gasteiger partial charge in [-0.3, -0.25) is 4.57 Å². The maximum atomic E-state index is 11.8.